The lowest BCUT2D eigenvalue weighted by molar-refractivity contribution is -0.152. The third-order valence-electron chi connectivity index (χ3n) is 5.43. The Morgan fingerprint density at radius 1 is 1.00 bits per heavy atom. The summed E-state index contributed by atoms with van der Waals surface area (Å²) in [4.78, 5) is 28.4. The minimum Gasteiger partial charge on any atom is -0.497 e. The number of carboxylic acid groups (broad SMARTS) is 1. The van der Waals surface area contributed by atoms with Gasteiger partial charge in [0.15, 0.2) is 0 Å². The van der Waals surface area contributed by atoms with Crippen LogP contribution >= 0.6 is 0 Å². The summed E-state index contributed by atoms with van der Waals surface area (Å²) in [7, 11) is 1.65. The molecule has 0 bridgehead atoms. The third kappa shape index (κ3) is 3.89. The van der Waals surface area contributed by atoms with Crippen molar-refractivity contribution in [2.24, 2.45) is 11.8 Å². The number of carboxylic acids is 1. The standard InChI is InChI=1S/C19H26N2O4/c1-25-15-8-6-14(7-9-15)20-10-12-21(13-11-20)18(22)16-4-2-3-5-17(16)19(23)24/h6-9,16-17H,2-5,10-13H2,1H3,(H,23,24)/t16-,17+/m0/s1. The first kappa shape index (κ1) is 17.6. The van der Waals surface area contributed by atoms with Crippen LogP contribution in [0.1, 0.15) is 25.7 Å². The minimum atomic E-state index is -0.824. The van der Waals surface area contributed by atoms with Crippen molar-refractivity contribution in [2.45, 2.75) is 25.7 Å². The van der Waals surface area contributed by atoms with Gasteiger partial charge >= 0.3 is 5.97 Å². The maximum Gasteiger partial charge on any atom is 0.307 e. The molecule has 6 heteroatoms. The average Bonchev–Trinajstić information content (AvgIpc) is 2.67. The molecule has 2 fully saturated rings. The number of rotatable bonds is 4. The van der Waals surface area contributed by atoms with Crippen LogP contribution in [0.3, 0.4) is 0 Å². The van der Waals surface area contributed by atoms with Crippen LogP contribution in [0.2, 0.25) is 0 Å². The summed E-state index contributed by atoms with van der Waals surface area (Å²) in [6, 6.07) is 7.93. The van der Waals surface area contributed by atoms with Crippen LogP contribution in [0.25, 0.3) is 0 Å². The number of aliphatic carboxylic acids is 1. The van der Waals surface area contributed by atoms with Gasteiger partial charge in [0, 0.05) is 31.9 Å². The van der Waals surface area contributed by atoms with Crippen LogP contribution in [0, 0.1) is 11.8 Å². The van der Waals surface area contributed by atoms with Gasteiger partial charge < -0.3 is 19.6 Å². The fraction of sp³-hybridized carbons (Fsp3) is 0.579. The molecule has 1 aliphatic carbocycles. The molecule has 1 aromatic rings. The molecule has 1 amide bonds. The van der Waals surface area contributed by atoms with Gasteiger partial charge in [-0.1, -0.05) is 12.8 Å². The van der Waals surface area contributed by atoms with Gasteiger partial charge in [-0.15, -0.1) is 0 Å². The Labute approximate surface area is 148 Å². The molecule has 25 heavy (non-hydrogen) atoms. The third-order valence-corrected chi connectivity index (χ3v) is 5.43. The van der Waals surface area contributed by atoms with Gasteiger partial charge in [0.25, 0.3) is 0 Å². The van der Waals surface area contributed by atoms with Gasteiger partial charge in [0.2, 0.25) is 5.91 Å². The summed E-state index contributed by atoms with van der Waals surface area (Å²) in [5, 5.41) is 9.40. The van der Waals surface area contributed by atoms with Gasteiger partial charge in [-0.05, 0) is 37.1 Å². The lowest BCUT2D eigenvalue weighted by Crippen LogP contribution is -2.52. The van der Waals surface area contributed by atoms with E-state index in [1.165, 1.54) is 0 Å². The molecule has 6 nitrogen and oxygen atoms in total. The van der Waals surface area contributed by atoms with E-state index in [9.17, 15) is 14.7 Å². The number of nitrogens with zero attached hydrogens (tertiary/aromatic N) is 2. The number of benzene rings is 1. The Hall–Kier alpha value is -2.24. The Morgan fingerprint density at radius 3 is 2.16 bits per heavy atom. The lowest BCUT2D eigenvalue weighted by atomic mass is 9.78. The molecule has 1 heterocycles. The van der Waals surface area contributed by atoms with E-state index in [1.54, 1.807) is 7.11 Å². The number of anilines is 1. The maximum absolute atomic E-state index is 12.8. The predicted molar refractivity (Wildman–Crippen MR) is 94.9 cm³/mol. The molecule has 2 atom stereocenters. The topological polar surface area (TPSA) is 70.1 Å². The monoisotopic (exact) mass is 346 g/mol. The number of amides is 1. The minimum absolute atomic E-state index is 0.0291. The van der Waals surface area contributed by atoms with E-state index >= 15 is 0 Å². The van der Waals surface area contributed by atoms with Crippen molar-refractivity contribution in [2.75, 3.05) is 38.2 Å². The van der Waals surface area contributed by atoms with Crippen LogP contribution in [0.4, 0.5) is 5.69 Å². The number of carbonyl (C=O) groups is 2. The average molecular weight is 346 g/mol. The Bertz CT molecular complexity index is 608. The normalized spacial score (nSPS) is 24.0. The van der Waals surface area contributed by atoms with Crippen LogP contribution in [-0.2, 0) is 9.59 Å². The highest BCUT2D eigenvalue weighted by molar-refractivity contribution is 5.85. The van der Waals surface area contributed by atoms with Gasteiger partial charge in [-0.3, -0.25) is 9.59 Å². The molecular weight excluding hydrogens is 320 g/mol. The van der Waals surface area contributed by atoms with E-state index in [4.69, 9.17) is 4.74 Å². The first-order chi connectivity index (χ1) is 12.1. The molecule has 0 spiro atoms. The summed E-state index contributed by atoms with van der Waals surface area (Å²) >= 11 is 0. The largest absolute Gasteiger partial charge is 0.497 e. The second-order valence-corrected chi connectivity index (χ2v) is 6.85. The predicted octanol–water partition coefficient (Wildman–Crippen LogP) is 2.23. The van der Waals surface area contributed by atoms with E-state index < -0.39 is 11.9 Å². The molecule has 0 radical (unpaired) electrons. The van der Waals surface area contributed by atoms with Crippen molar-refractivity contribution < 1.29 is 19.4 Å². The first-order valence-corrected chi connectivity index (χ1v) is 9.00. The molecule has 1 saturated carbocycles. The summed E-state index contributed by atoms with van der Waals surface area (Å²) in [5.74, 6) is -0.828. The first-order valence-electron chi connectivity index (χ1n) is 9.00. The zero-order valence-electron chi connectivity index (χ0n) is 14.7. The van der Waals surface area contributed by atoms with E-state index in [1.807, 2.05) is 29.2 Å². The van der Waals surface area contributed by atoms with Crippen molar-refractivity contribution >= 4 is 17.6 Å². The van der Waals surface area contributed by atoms with E-state index in [-0.39, 0.29) is 11.8 Å². The fourth-order valence-electron chi connectivity index (χ4n) is 3.93. The number of hydrogen-bond donors (Lipinski definition) is 1. The molecule has 1 aliphatic heterocycles. The van der Waals surface area contributed by atoms with E-state index in [0.717, 1.165) is 37.4 Å². The molecule has 0 aromatic heterocycles. The zero-order chi connectivity index (χ0) is 17.8. The number of ether oxygens (including phenoxy) is 1. The van der Waals surface area contributed by atoms with Crippen LogP contribution in [-0.4, -0.2) is 55.2 Å². The maximum atomic E-state index is 12.8. The van der Waals surface area contributed by atoms with E-state index in [2.05, 4.69) is 4.90 Å². The Balaban J connectivity index is 1.59. The smallest absolute Gasteiger partial charge is 0.307 e. The lowest BCUT2D eigenvalue weighted by Gasteiger charge is -2.39. The fourth-order valence-corrected chi connectivity index (χ4v) is 3.93. The molecule has 1 aromatic carbocycles. The SMILES string of the molecule is COc1ccc(N2CCN(C(=O)[C@H]3CCCC[C@H]3C(=O)O)CC2)cc1. The summed E-state index contributed by atoms with van der Waals surface area (Å²) in [6.07, 6.45) is 3.18. The number of hydrogen-bond acceptors (Lipinski definition) is 4. The Kier molecular flexibility index (Phi) is 5.46. The summed E-state index contributed by atoms with van der Waals surface area (Å²) in [6.45, 7) is 2.83. The quantitative estimate of drug-likeness (QED) is 0.905. The number of piperazine rings is 1. The number of methoxy groups -OCH3 is 1. The van der Waals surface area contributed by atoms with Crippen LogP contribution < -0.4 is 9.64 Å². The molecular formula is C19H26N2O4. The van der Waals surface area contributed by atoms with Crippen molar-refractivity contribution in [1.82, 2.24) is 4.90 Å². The second-order valence-electron chi connectivity index (χ2n) is 6.85. The van der Waals surface area contributed by atoms with Crippen molar-refractivity contribution in [3.63, 3.8) is 0 Å². The van der Waals surface area contributed by atoms with Gasteiger partial charge in [-0.2, -0.15) is 0 Å². The summed E-state index contributed by atoms with van der Waals surface area (Å²) < 4.78 is 5.18. The second kappa shape index (κ2) is 7.76. The van der Waals surface area contributed by atoms with Crippen molar-refractivity contribution in [3.8, 4) is 5.75 Å². The number of carbonyl (C=O) groups excluding carboxylic acids is 1. The Morgan fingerprint density at radius 2 is 1.60 bits per heavy atom. The highest BCUT2D eigenvalue weighted by atomic mass is 16.5. The highest BCUT2D eigenvalue weighted by Crippen LogP contribution is 2.32. The van der Waals surface area contributed by atoms with Gasteiger partial charge in [0.05, 0.1) is 18.9 Å². The van der Waals surface area contributed by atoms with Crippen LogP contribution in [0.5, 0.6) is 5.75 Å². The molecule has 1 saturated heterocycles. The summed E-state index contributed by atoms with van der Waals surface area (Å²) in [5.41, 5.74) is 1.12. The van der Waals surface area contributed by atoms with Crippen molar-refractivity contribution in [3.05, 3.63) is 24.3 Å². The highest BCUT2D eigenvalue weighted by Gasteiger charge is 2.38. The van der Waals surface area contributed by atoms with Crippen molar-refractivity contribution in [1.29, 1.82) is 0 Å². The van der Waals surface area contributed by atoms with Gasteiger partial charge in [-0.25, -0.2) is 0 Å². The zero-order valence-corrected chi connectivity index (χ0v) is 14.7. The van der Waals surface area contributed by atoms with Crippen LogP contribution in [0.15, 0.2) is 24.3 Å². The molecule has 136 valence electrons. The molecule has 0 unspecified atom stereocenters. The van der Waals surface area contributed by atoms with Gasteiger partial charge in [0.1, 0.15) is 5.75 Å². The molecule has 3 rings (SSSR count). The molecule has 2 aliphatic rings. The van der Waals surface area contributed by atoms with E-state index in [0.29, 0.717) is 25.9 Å². The molecule has 1 N–H and O–H groups in total.